The smallest absolute Gasteiger partial charge is 0.307 e. The Bertz CT molecular complexity index is 254. The normalized spacial score (nSPS) is 24.3. The molecular weight excluding hydrogens is 210 g/mol. The summed E-state index contributed by atoms with van der Waals surface area (Å²) in [7, 11) is 1.61. The van der Waals surface area contributed by atoms with Gasteiger partial charge in [0.05, 0.1) is 11.8 Å². The first-order chi connectivity index (χ1) is 7.66. The van der Waals surface area contributed by atoms with Gasteiger partial charge in [0, 0.05) is 20.3 Å². The number of carbonyl (C=O) groups is 2. The molecule has 2 atom stereocenters. The molecule has 0 spiro atoms. The number of nitrogens with one attached hydrogen (secondary N) is 1. The Morgan fingerprint density at radius 1 is 1.38 bits per heavy atom. The fourth-order valence-corrected chi connectivity index (χ4v) is 2.13. The van der Waals surface area contributed by atoms with Crippen molar-refractivity contribution in [1.82, 2.24) is 5.32 Å². The van der Waals surface area contributed by atoms with Gasteiger partial charge in [-0.15, -0.1) is 0 Å². The molecule has 1 rings (SSSR count). The number of carbonyl (C=O) groups excluding carboxylic acids is 1. The Kier molecular flexibility index (Phi) is 5.25. The van der Waals surface area contributed by atoms with Gasteiger partial charge in [-0.3, -0.25) is 9.59 Å². The van der Waals surface area contributed by atoms with Crippen molar-refractivity contribution in [2.24, 2.45) is 11.8 Å². The minimum atomic E-state index is -0.852. The molecule has 1 saturated carbocycles. The van der Waals surface area contributed by atoms with Crippen molar-refractivity contribution in [3.05, 3.63) is 0 Å². The van der Waals surface area contributed by atoms with E-state index in [2.05, 4.69) is 5.32 Å². The van der Waals surface area contributed by atoms with Crippen molar-refractivity contribution in [1.29, 1.82) is 0 Å². The van der Waals surface area contributed by atoms with Gasteiger partial charge in [-0.05, 0) is 19.3 Å². The molecule has 1 fully saturated rings. The van der Waals surface area contributed by atoms with Crippen molar-refractivity contribution in [3.8, 4) is 0 Å². The first-order valence-electron chi connectivity index (χ1n) is 5.66. The Morgan fingerprint density at radius 3 is 2.69 bits per heavy atom. The minimum Gasteiger partial charge on any atom is -0.481 e. The van der Waals surface area contributed by atoms with Gasteiger partial charge in [0.25, 0.3) is 0 Å². The Morgan fingerprint density at radius 2 is 2.06 bits per heavy atom. The van der Waals surface area contributed by atoms with Gasteiger partial charge in [-0.2, -0.15) is 0 Å². The lowest BCUT2D eigenvalue weighted by Gasteiger charge is -2.15. The van der Waals surface area contributed by atoms with E-state index in [0.29, 0.717) is 26.0 Å². The third kappa shape index (κ3) is 3.48. The van der Waals surface area contributed by atoms with Gasteiger partial charge in [0.2, 0.25) is 5.91 Å². The lowest BCUT2D eigenvalue weighted by molar-refractivity contribution is -0.146. The average Bonchev–Trinajstić information content (AvgIpc) is 2.73. The maximum absolute atomic E-state index is 11.7. The summed E-state index contributed by atoms with van der Waals surface area (Å²) >= 11 is 0. The fourth-order valence-electron chi connectivity index (χ4n) is 2.13. The van der Waals surface area contributed by atoms with E-state index in [4.69, 9.17) is 9.84 Å². The molecule has 0 unspecified atom stereocenters. The molecule has 1 amide bonds. The first-order valence-corrected chi connectivity index (χ1v) is 5.66. The maximum atomic E-state index is 11.7. The second-order valence-corrected chi connectivity index (χ2v) is 4.12. The summed E-state index contributed by atoms with van der Waals surface area (Å²) in [6.45, 7) is 1.16. The number of rotatable bonds is 6. The summed E-state index contributed by atoms with van der Waals surface area (Å²) in [4.78, 5) is 22.6. The lowest BCUT2D eigenvalue weighted by atomic mass is 9.95. The number of carboxylic acids is 1. The lowest BCUT2D eigenvalue weighted by Crippen LogP contribution is -2.36. The topological polar surface area (TPSA) is 75.6 Å². The van der Waals surface area contributed by atoms with E-state index in [1.807, 2.05) is 0 Å². The van der Waals surface area contributed by atoms with Crippen LogP contribution >= 0.6 is 0 Å². The molecule has 1 aliphatic carbocycles. The van der Waals surface area contributed by atoms with E-state index in [-0.39, 0.29) is 11.8 Å². The van der Waals surface area contributed by atoms with Crippen LogP contribution in [0.2, 0.25) is 0 Å². The number of ether oxygens (including phenoxy) is 1. The van der Waals surface area contributed by atoms with Crippen molar-refractivity contribution >= 4 is 11.9 Å². The molecule has 5 heteroatoms. The van der Waals surface area contributed by atoms with Gasteiger partial charge in [-0.25, -0.2) is 0 Å². The third-order valence-corrected chi connectivity index (χ3v) is 2.99. The summed E-state index contributed by atoms with van der Waals surface area (Å²) in [5, 5.41) is 11.7. The molecular formula is C11H19NO4. The Hall–Kier alpha value is -1.10. The molecule has 0 bridgehead atoms. The monoisotopic (exact) mass is 229 g/mol. The zero-order valence-electron chi connectivity index (χ0n) is 9.57. The summed E-state index contributed by atoms with van der Waals surface area (Å²) < 4.78 is 4.86. The largest absolute Gasteiger partial charge is 0.481 e. The predicted octanol–water partition coefficient (Wildman–Crippen LogP) is 0.640. The van der Waals surface area contributed by atoms with Crippen LogP contribution in [0.15, 0.2) is 0 Å². The van der Waals surface area contributed by atoms with Crippen molar-refractivity contribution in [3.63, 3.8) is 0 Å². The Balaban J connectivity index is 2.32. The van der Waals surface area contributed by atoms with E-state index >= 15 is 0 Å². The number of aliphatic carboxylic acids is 1. The number of methoxy groups -OCH3 is 1. The van der Waals surface area contributed by atoms with Crippen molar-refractivity contribution < 1.29 is 19.4 Å². The summed E-state index contributed by atoms with van der Waals surface area (Å²) in [6, 6.07) is 0. The second kappa shape index (κ2) is 6.48. The van der Waals surface area contributed by atoms with Gasteiger partial charge in [0.1, 0.15) is 0 Å². The molecule has 2 N–H and O–H groups in total. The number of hydrogen-bond donors (Lipinski definition) is 2. The van der Waals surface area contributed by atoms with Crippen LogP contribution < -0.4 is 5.32 Å². The molecule has 0 radical (unpaired) electrons. The maximum Gasteiger partial charge on any atom is 0.307 e. The average molecular weight is 229 g/mol. The molecule has 5 nitrogen and oxygen atoms in total. The molecule has 0 heterocycles. The zero-order chi connectivity index (χ0) is 12.0. The van der Waals surface area contributed by atoms with Crippen LogP contribution in [0.3, 0.4) is 0 Å². The van der Waals surface area contributed by atoms with Crippen molar-refractivity contribution in [2.75, 3.05) is 20.3 Å². The molecule has 0 aliphatic heterocycles. The van der Waals surface area contributed by atoms with Crippen LogP contribution in [0.4, 0.5) is 0 Å². The Labute approximate surface area is 95.2 Å². The van der Waals surface area contributed by atoms with Crippen LogP contribution in [-0.4, -0.2) is 37.2 Å². The number of carboxylic acid groups (broad SMARTS) is 1. The molecule has 0 saturated heterocycles. The number of amides is 1. The van der Waals surface area contributed by atoms with E-state index in [9.17, 15) is 9.59 Å². The molecule has 1 aliphatic rings. The van der Waals surface area contributed by atoms with Crippen LogP contribution in [0, 0.1) is 11.8 Å². The van der Waals surface area contributed by atoms with Crippen LogP contribution in [0.1, 0.15) is 25.7 Å². The van der Waals surface area contributed by atoms with Crippen LogP contribution in [0.25, 0.3) is 0 Å². The standard InChI is InChI=1S/C11H19NO4/c1-16-7-3-6-12-10(13)8-4-2-5-9(8)11(14)15/h8-9H,2-7H2,1H3,(H,12,13)(H,14,15)/t8-,9+/m1/s1. The van der Waals surface area contributed by atoms with Gasteiger partial charge in [0.15, 0.2) is 0 Å². The van der Waals surface area contributed by atoms with E-state index in [0.717, 1.165) is 12.8 Å². The predicted molar refractivity (Wildman–Crippen MR) is 58.0 cm³/mol. The SMILES string of the molecule is COCCCNC(=O)[C@@H]1CCC[C@@H]1C(=O)O. The summed E-state index contributed by atoms with van der Waals surface area (Å²) in [6.07, 6.45) is 2.89. The summed E-state index contributed by atoms with van der Waals surface area (Å²) in [5.74, 6) is -1.82. The van der Waals surface area contributed by atoms with Gasteiger partial charge in [-0.1, -0.05) is 6.42 Å². The van der Waals surface area contributed by atoms with E-state index in [1.54, 1.807) is 7.11 Å². The highest BCUT2D eigenvalue weighted by atomic mass is 16.5. The number of hydrogen-bond acceptors (Lipinski definition) is 3. The highest BCUT2D eigenvalue weighted by Crippen LogP contribution is 2.31. The quantitative estimate of drug-likeness (QED) is 0.655. The van der Waals surface area contributed by atoms with Crippen molar-refractivity contribution in [2.45, 2.75) is 25.7 Å². The van der Waals surface area contributed by atoms with Crippen LogP contribution in [0.5, 0.6) is 0 Å². The highest BCUT2D eigenvalue weighted by Gasteiger charge is 2.37. The molecule has 0 aromatic heterocycles. The van der Waals surface area contributed by atoms with Gasteiger partial charge < -0.3 is 15.2 Å². The summed E-state index contributed by atoms with van der Waals surface area (Å²) in [5.41, 5.74) is 0. The third-order valence-electron chi connectivity index (χ3n) is 2.99. The molecule has 16 heavy (non-hydrogen) atoms. The van der Waals surface area contributed by atoms with E-state index in [1.165, 1.54) is 0 Å². The minimum absolute atomic E-state index is 0.124. The van der Waals surface area contributed by atoms with Gasteiger partial charge >= 0.3 is 5.97 Å². The fraction of sp³-hybridized carbons (Fsp3) is 0.818. The van der Waals surface area contributed by atoms with E-state index < -0.39 is 11.9 Å². The zero-order valence-corrected chi connectivity index (χ0v) is 9.57. The molecule has 92 valence electrons. The molecule has 0 aromatic carbocycles. The van der Waals surface area contributed by atoms with Crippen LogP contribution in [-0.2, 0) is 14.3 Å². The first kappa shape index (κ1) is 13.0. The second-order valence-electron chi connectivity index (χ2n) is 4.12. The highest BCUT2D eigenvalue weighted by molar-refractivity contribution is 5.85. The molecule has 0 aromatic rings.